The summed E-state index contributed by atoms with van der Waals surface area (Å²) in [6.45, 7) is 3.71. The van der Waals surface area contributed by atoms with Crippen molar-refractivity contribution in [2.45, 2.75) is 26.1 Å². The molecule has 0 saturated carbocycles. The fourth-order valence-electron chi connectivity index (χ4n) is 1.65. The van der Waals surface area contributed by atoms with Crippen LogP contribution in [-0.2, 0) is 6.18 Å². The molecule has 18 heavy (non-hydrogen) atoms. The van der Waals surface area contributed by atoms with Crippen LogP contribution in [-0.4, -0.2) is 11.1 Å². The molecule has 1 aromatic carbocycles. The summed E-state index contributed by atoms with van der Waals surface area (Å²) in [6, 6.07) is 5.11. The summed E-state index contributed by atoms with van der Waals surface area (Å²) in [7, 11) is 0. The average Bonchev–Trinajstić information content (AvgIpc) is 2.27. The van der Waals surface area contributed by atoms with Gasteiger partial charge in [0.05, 0.1) is 17.2 Å². The molecule has 1 aromatic heterocycles. The SMILES string of the molecule is CC(C)Oc1ccnc2cc(C(F)(F)F)ccc12. The van der Waals surface area contributed by atoms with Gasteiger partial charge in [0.25, 0.3) is 0 Å². The van der Waals surface area contributed by atoms with Gasteiger partial charge in [-0.25, -0.2) is 0 Å². The van der Waals surface area contributed by atoms with Crippen LogP contribution in [0.1, 0.15) is 19.4 Å². The smallest absolute Gasteiger partial charge is 0.416 e. The quantitative estimate of drug-likeness (QED) is 0.807. The molecule has 0 bridgehead atoms. The number of pyridine rings is 1. The van der Waals surface area contributed by atoms with Gasteiger partial charge in [-0.05, 0) is 38.1 Å². The van der Waals surface area contributed by atoms with Crippen molar-refractivity contribution >= 4 is 10.9 Å². The second kappa shape index (κ2) is 4.48. The third-order valence-corrected chi connectivity index (χ3v) is 2.39. The Morgan fingerprint density at radius 1 is 1.17 bits per heavy atom. The summed E-state index contributed by atoms with van der Waals surface area (Å²) in [5, 5.41) is 0.583. The van der Waals surface area contributed by atoms with Crippen LogP contribution in [0.5, 0.6) is 5.75 Å². The number of rotatable bonds is 2. The summed E-state index contributed by atoms with van der Waals surface area (Å²) >= 11 is 0. The second-order valence-electron chi connectivity index (χ2n) is 4.21. The van der Waals surface area contributed by atoms with Crippen LogP contribution in [0.25, 0.3) is 10.9 Å². The van der Waals surface area contributed by atoms with Gasteiger partial charge in [-0.2, -0.15) is 13.2 Å². The number of alkyl halides is 3. The highest BCUT2D eigenvalue weighted by Crippen LogP contribution is 2.33. The third-order valence-electron chi connectivity index (χ3n) is 2.39. The number of halogens is 3. The number of nitrogens with zero attached hydrogens (tertiary/aromatic N) is 1. The molecule has 0 aliphatic carbocycles. The lowest BCUT2D eigenvalue weighted by Gasteiger charge is -2.13. The van der Waals surface area contributed by atoms with Crippen molar-refractivity contribution in [2.75, 3.05) is 0 Å². The maximum atomic E-state index is 12.6. The minimum Gasteiger partial charge on any atom is -0.490 e. The largest absolute Gasteiger partial charge is 0.490 e. The molecule has 1 heterocycles. The molecule has 0 aliphatic rings. The molecule has 2 aromatic rings. The van der Waals surface area contributed by atoms with Crippen molar-refractivity contribution in [1.82, 2.24) is 4.98 Å². The number of fused-ring (bicyclic) bond motifs is 1. The van der Waals surface area contributed by atoms with Gasteiger partial charge < -0.3 is 4.74 Å². The number of hydrogen-bond donors (Lipinski definition) is 0. The van der Waals surface area contributed by atoms with Gasteiger partial charge in [-0.1, -0.05) is 0 Å². The predicted molar refractivity (Wildman–Crippen MR) is 62.5 cm³/mol. The van der Waals surface area contributed by atoms with Gasteiger partial charge in [-0.3, -0.25) is 4.98 Å². The Morgan fingerprint density at radius 3 is 2.50 bits per heavy atom. The van der Waals surface area contributed by atoms with Crippen molar-refractivity contribution in [1.29, 1.82) is 0 Å². The van der Waals surface area contributed by atoms with Crippen LogP contribution in [0.4, 0.5) is 13.2 Å². The van der Waals surface area contributed by atoms with Gasteiger partial charge in [0.2, 0.25) is 0 Å². The molecule has 0 radical (unpaired) electrons. The van der Waals surface area contributed by atoms with E-state index < -0.39 is 11.7 Å². The summed E-state index contributed by atoms with van der Waals surface area (Å²) < 4.78 is 43.2. The van der Waals surface area contributed by atoms with E-state index in [0.717, 1.165) is 12.1 Å². The molecule has 0 unspecified atom stereocenters. The lowest BCUT2D eigenvalue weighted by molar-refractivity contribution is -0.137. The molecule has 0 amide bonds. The van der Waals surface area contributed by atoms with Crippen LogP contribution in [0.15, 0.2) is 30.5 Å². The van der Waals surface area contributed by atoms with Gasteiger partial charge >= 0.3 is 6.18 Å². The van der Waals surface area contributed by atoms with E-state index in [0.29, 0.717) is 11.1 Å². The first-order valence-electron chi connectivity index (χ1n) is 5.50. The van der Waals surface area contributed by atoms with E-state index in [2.05, 4.69) is 4.98 Å². The maximum absolute atomic E-state index is 12.6. The third kappa shape index (κ3) is 2.55. The van der Waals surface area contributed by atoms with Crippen molar-refractivity contribution in [3.8, 4) is 5.75 Å². The van der Waals surface area contributed by atoms with Crippen LogP contribution in [0.2, 0.25) is 0 Å². The maximum Gasteiger partial charge on any atom is 0.416 e. The van der Waals surface area contributed by atoms with E-state index in [9.17, 15) is 13.2 Å². The lowest BCUT2D eigenvalue weighted by Crippen LogP contribution is -2.07. The van der Waals surface area contributed by atoms with E-state index in [1.165, 1.54) is 12.3 Å². The van der Waals surface area contributed by atoms with Crippen molar-refractivity contribution in [3.05, 3.63) is 36.0 Å². The molecular formula is C13H12F3NO. The Balaban J connectivity index is 2.53. The normalized spacial score (nSPS) is 12.1. The molecule has 2 nitrogen and oxygen atoms in total. The highest BCUT2D eigenvalue weighted by Gasteiger charge is 2.30. The molecule has 0 atom stereocenters. The molecule has 0 spiro atoms. The Morgan fingerprint density at radius 2 is 1.89 bits per heavy atom. The first-order valence-corrected chi connectivity index (χ1v) is 5.50. The topological polar surface area (TPSA) is 22.1 Å². The number of hydrogen-bond acceptors (Lipinski definition) is 2. The van der Waals surface area contributed by atoms with Crippen LogP contribution >= 0.6 is 0 Å². The van der Waals surface area contributed by atoms with Crippen molar-refractivity contribution in [2.24, 2.45) is 0 Å². The van der Waals surface area contributed by atoms with E-state index >= 15 is 0 Å². The number of benzene rings is 1. The molecule has 2 rings (SSSR count). The monoisotopic (exact) mass is 255 g/mol. The van der Waals surface area contributed by atoms with Gasteiger partial charge in [0.1, 0.15) is 5.75 Å². The van der Waals surface area contributed by atoms with Gasteiger partial charge in [0.15, 0.2) is 0 Å². The minimum absolute atomic E-state index is 0.0436. The Hall–Kier alpha value is -1.78. The second-order valence-corrected chi connectivity index (χ2v) is 4.21. The minimum atomic E-state index is -4.36. The zero-order valence-corrected chi connectivity index (χ0v) is 9.95. The number of ether oxygens (including phenoxy) is 1. The summed E-state index contributed by atoms with van der Waals surface area (Å²) in [5.74, 6) is 0.545. The summed E-state index contributed by atoms with van der Waals surface area (Å²) in [6.07, 6.45) is -2.96. The molecule has 0 fully saturated rings. The molecular weight excluding hydrogens is 243 g/mol. The van der Waals surface area contributed by atoms with Crippen LogP contribution in [0.3, 0.4) is 0 Å². The molecule has 0 N–H and O–H groups in total. The average molecular weight is 255 g/mol. The number of aromatic nitrogens is 1. The predicted octanol–water partition coefficient (Wildman–Crippen LogP) is 4.04. The molecule has 0 aliphatic heterocycles. The zero-order valence-electron chi connectivity index (χ0n) is 9.95. The van der Waals surface area contributed by atoms with Crippen molar-refractivity contribution in [3.63, 3.8) is 0 Å². The van der Waals surface area contributed by atoms with E-state index in [1.807, 2.05) is 13.8 Å². The summed E-state index contributed by atoms with van der Waals surface area (Å²) in [5.41, 5.74) is -0.424. The van der Waals surface area contributed by atoms with E-state index in [-0.39, 0.29) is 11.6 Å². The van der Waals surface area contributed by atoms with Crippen LogP contribution < -0.4 is 4.74 Å². The fourth-order valence-corrected chi connectivity index (χ4v) is 1.65. The van der Waals surface area contributed by atoms with E-state index in [1.54, 1.807) is 6.07 Å². The Labute approximate surface area is 102 Å². The van der Waals surface area contributed by atoms with Crippen LogP contribution in [0, 0.1) is 0 Å². The van der Waals surface area contributed by atoms with Gasteiger partial charge in [-0.15, -0.1) is 0 Å². The lowest BCUT2D eigenvalue weighted by atomic mass is 10.1. The van der Waals surface area contributed by atoms with Gasteiger partial charge in [0, 0.05) is 11.6 Å². The summed E-state index contributed by atoms with van der Waals surface area (Å²) in [4.78, 5) is 3.94. The highest BCUT2D eigenvalue weighted by molar-refractivity contribution is 5.85. The standard InChI is InChI=1S/C13H12F3NO/c1-8(2)18-12-5-6-17-11-7-9(13(14,15)16)3-4-10(11)12/h3-8H,1-2H3. The fraction of sp³-hybridized carbons (Fsp3) is 0.308. The molecule has 0 saturated heterocycles. The first kappa shape index (κ1) is 12.7. The highest BCUT2D eigenvalue weighted by atomic mass is 19.4. The Bertz CT molecular complexity index is 564. The zero-order chi connectivity index (χ0) is 13.3. The van der Waals surface area contributed by atoms with Crippen molar-refractivity contribution < 1.29 is 17.9 Å². The Kier molecular flexibility index (Phi) is 3.15. The first-order chi connectivity index (χ1) is 8.38. The molecule has 5 heteroatoms. The molecule has 96 valence electrons. The van der Waals surface area contributed by atoms with E-state index in [4.69, 9.17) is 4.74 Å².